The zero-order valence-corrected chi connectivity index (χ0v) is 19.4. The van der Waals surface area contributed by atoms with E-state index in [0.717, 1.165) is 5.56 Å². The zero-order valence-electron chi connectivity index (χ0n) is 17.9. The smallest absolute Gasteiger partial charge is 0.264 e. The fourth-order valence-corrected chi connectivity index (χ4v) is 5.03. The molecule has 6 nitrogen and oxygen atoms in total. The number of hydrogen-bond donors (Lipinski definition) is 1. The first kappa shape index (κ1) is 23.8. The number of carbonyl (C=O) groups excluding carboxylic acids is 1. The van der Waals surface area contributed by atoms with Crippen LogP contribution in [-0.2, 0) is 21.3 Å². The third-order valence-electron chi connectivity index (χ3n) is 4.77. The van der Waals surface area contributed by atoms with E-state index in [2.05, 4.69) is 5.32 Å². The van der Waals surface area contributed by atoms with Crippen molar-refractivity contribution in [3.8, 4) is 0 Å². The number of hydrogen-bond acceptors (Lipinski definition) is 4. The van der Waals surface area contributed by atoms with Crippen molar-refractivity contribution in [1.82, 2.24) is 5.32 Å². The monoisotopic (exact) mass is 472 g/mol. The molecule has 0 aliphatic carbocycles. The quantitative estimate of drug-likeness (QED) is 0.497. The zero-order chi connectivity index (χ0) is 23.1. The number of sulfonamides is 1. The van der Waals surface area contributed by atoms with E-state index in [1.807, 2.05) is 30.3 Å². The van der Waals surface area contributed by atoms with Crippen LogP contribution in [0.5, 0.6) is 0 Å². The summed E-state index contributed by atoms with van der Waals surface area (Å²) in [6, 6.07) is 21.8. The topological polar surface area (TPSA) is 75.7 Å². The number of nitrogens with one attached hydrogen (secondary N) is 1. The van der Waals surface area contributed by atoms with Gasteiger partial charge in [0.2, 0.25) is 0 Å². The number of halogens is 1. The number of carbonyl (C=O) groups is 1. The average molecular weight is 473 g/mol. The maximum absolute atomic E-state index is 13.7. The molecule has 1 amide bonds. The second-order valence-electron chi connectivity index (χ2n) is 7.31. The van der Waals surface area contributed by atoms with Crippen LogP contribution in [0.1, 0.15) is 22.8 Å². The Kier molecular flexibility index (Phi) is 7.90. The van der Waals surface area contributed by atoms with E-state index in [-0.39, 0.29) is 29.0 Å². The second-order valence-corrected chi connectivity index (χ2v) is 9.58. The fraction of sp³-hybridized carbons (Fsp3) is 0.208. The highest BCUT2D eigenvalue weighted by atomic mass is 35.5. The molecule has 0 radical (unpaired) electrons. The minimum Gasteiger partial charge on any atom is -0.383 e. The largest absolute Gasteiger partial charge is 0.383 e. The standard InChI is InChI=1S/C24H25ClN2O4S/c1-18(17-31-2)26-24(28)20-11-8-12-21(15-20)32(29,30)27(16-19-9-4-3-5-10-19)23-14-7-6-13-22(23)25/h3-15,18H,16-17H2,1-2H3,(H,26,28). The predicted molar refractivity (Wildman–Crippen MR) is 127 cm³/mol. The molecule has 32 heavy (non-hydrogen) atoms. The van der Waals surface area contributed by atoms with Crippen LogP contribution in [0.25, 0.3) is 0 Å². The van der Waals surface area contributed by atoms with Crippen molar-refractivity contribution in [3.05, 3.63) is 95.0 Å². The van der Waals surface area contributed by atoms with Gasteiger partial charge in [-0.25, -0.2) is 8.42 Å². The van der Waals surface area contributed by atoms with E-state index in [4.69, 9.17) is 16.3 Å². The summed E-state index contributed by atoms with van der Waals surface area (Å²) in [4.78, 5) is 12.6. The highest BCUT2D eigenvalue weighted by Crippen LogP contribution is 2.32. The number of methoxy groups -OCH3 is 1. The van der Waals surface area contributed by atoms with Gasteiger partial charge in [0.1, 0.15) is 0 Å². The summed E-state index contributed by atoms with van der Waals surface area (Å²) in [5.74, 6) is -0.376. The highest BCUT2D eigenvalue weighted by Gasteiger charge is 2.27. The SMILES string of the molecule is COCC(C)NC(=O)c1cccc(S(=O)(=O)N(Cc2ccccc2)c2ccccc2Cl)c1. The summed E-state index contributed by atoms with van der Waals surface area (Å²) in [5.41, 5.74) is 1.41. The normalized spacial score (nSPS) is 12.2. The Morgan fingerprint density at radius 1 is 1.03 bits per heavy atom. The lowest BCUT2D eigenvalue weighted by molar-refractivity contribution is 0.0905. The minimum absolute atomic E-state index is 0.000366. The molecule has 0 aliphatic heterocycles. The second kappa shape index (κ2) is 10.6. The van der Waals surface area contributed by atoms with Crippen molar-refractivity contribution < 1.29 is 17.9 Å². The number of benzene rings is 3. The van der Waals surface area contributed by atoms with Crippen molar-refractivity contribution in [2.24, 2.45) is 0 Å². The summed E-state index contributed by atoms with van der Waals surface area (Å²) >= 11 is 6.37. The molecule has 0 fully saturated rings. The van der Waals surface area contributed by atoms with Gasteiger partial charge in [0, 0.05) is 18.7 Å². The summed E-state index contributed by atoms with van der Waals surface area (Å²) in [7, 11) is -2.48. The van der Waals surface area contributed by atoms with Crippen LogP contribution in [0.3, 0.4) is 0 Å². The van der Waals surface area contributed by atoms with Crippen LogP contribution in [0.15, 0.2) is 83.8 Å². The van der Waals surface area contributed by atoms with Gasteiger partial charge in [0.15, 0.2) is 0 Å². The minimum atomic E-state index is -4.03. The lowest BCUT2D eigenvalue weighted by Crippen LogP contribution is -2.36. The molecule has 0 heterocycles. The molecule has 3 aromatic rings. The van der Waals surface area contributed by atoms with Crippen LogP contribution in [-0.4, -0.2) is 34.1 Å². The number of para-hydroxylation sites is 1. The number of anilines is 1. The molecule has 3 aromatic carbocycles. The van der Waals surface area contributed by atoms with Crippen molar-refractivity contribution >= 4 is 33.2 Å². The Morgan fingerprint density at radius 3 is 2.41 bits per heavy atom. The van der Waals surface area contributed by atoms with Gasteiger partial charge in [-0.05, 0) is 42.8 Å². The van der Waals surface area contributed by atoms with Gasteiger partial charge in [-0.3, -0.25) is 9.10 Å². The number of nitrogens with zero attached hydrogens (tertiary/aromatic N) is 1. The van der Waals surface area contributed by atoms with E-state index in [0.29, 0.717) is 17.3 Å². The molecule has 8 heteroatoms. The fourth-order valence-electron chi connectivity index (χ4n) is 3.23. The van der Waals surface area contributed by atoms with Gasteiger partial charge in [-0.2, -0.15) is 0 Å². The van der Waals surface area contributed by atoms with Crippen LogP contribution >= 0.6 is 11.6 Å². The number of ether oxygens (including phenoxy) is 1. The molecule has 0 spiro atoms. The van der Waals surface area contributed by atoms with Crippen LogP contribution in [0.4, 0.5) is 5.69 Å². The maximum atomic E-state index is 13.7. The molecule has 1 unspecified atom stereocenters. The summed E-state index contributed by atoms with van der Waals surface area (Å²) < 4.78 is 33.7. The molecule has 168 valence electrons. The predicted octanol–water partition coefficient (Wildman–Crippen LogP) is 4.50. The molecule has 0 bridgehead atoms. The molecule has 0 aromatic heterocycles. The van der Waals surface area contributed by atoms with Gasteiger partial charge in [0.05, 0.1) is 28.8 Å². The molecule has 0 saturated carbocycles. The van der Waals surface area contributed by atoms with Gasteiger partial charge >= 0.3 is 0 Å². The van der Waals surface area contributed by atoms with Crippen molar-refractivity contribution in [2.45, 2.75) is 24.4 Å². The third kappa shape index (κ3) is 5.68. The molecule has 0 saturated heterocycles. The van der Waals surface area contributed by atoms with Gasteiger partial charge in [-0.15, -0.1) is 0 Å². The van der Waals surface area contributed by atoms with Crippen LogP contribution < -0.4 is 9.62 Å². The Hall–Kier alpha value is -2.87. The number of rotatable bonds is 9. The molecule has 1 N–H and O–H groups in total. The molecular formula is C24H25ClN2O4S. The summed E-state index contributed by atoms with van der Waals surface area (Å²) in [5, 5.41) is 3.11. The Labute approximate surface area is 193 Å². The van der Waals surface area contributed by atoms with Crippen LogP contribution in [0.2, 0.25) is 5.02 Å². The first-order valence-electron chi connectivity index (χ1n) is 10.0. The summed E-state index contributed by atoms with van der Waals surface area (Å²) in [6.45, 7) is 2.25. The molecule has 1 atom stereocenters. The van der Waals surface area contributed by atoms with Gasteiger partial charge < -0.3 is 10.1 Å². The number of amides is 1. The maximum Gasteiger partial charge on any atom is 0.264 e. The van der Waals surface area contributed by atoms with E-state index in [1.165, 1.54) is 16.4 Å². The molecule has 0 aliphatic rings. The molecular weight excluding hydrogens is 448 g/mol. The van der Waals surface area contributed by atoms with Crippen LogP contribution in [0, 0.1) is 0 Å². The average Bonchev–Trinajstić information content (AvgIpc) is 2.79. The Balaban J connectivity index is 2.00. The summed E-state index contributed by atoms with van der Waals surface area (Å²) in [6.07, 6.45) is 0. The van der Waals surface area contributed by atoms with Gasteiger partial charge in [0.25, 0.3) is 15.9 Å². The van der Waals surface area contributed by atoms with E-state index < -0.39 is 10.0 Å². The Morgan fingerprint density at radius 2 is 1.72 bits per heavy atom. The lowest BCUT2D eigenvalue weighted by Gasteiger charge is -2.26. The molecule has 3 rings (SSSR count). The Bertz CT molecular complexity index is 1170. The van der Waals surface area contributed by atoms with E-state index >= 15 is 0 Å². The first-order valence-corrected chi connectivity index (χ1v) is 11.9. The van der Waals surface area contributed by atoms with Crippen molar-refractivity contribution in [3.63, 3.8) is 0 Å². The lowest BCUT2D eigenvalue weighted by atomic mass is 10.2. The van der Waals surface area contributed by atoms with Crippen molar-refractivity contribution in [2.75, 3.05) is 18.0 Å². The van der Waals surface area contributed by atoms with E-state index in [1.54, 1.807) is 50.4 Å². The first-order chi connectivity index (χ1) is 15.3. The van der Waals surface area contributed by atoms with Crippen molar-refractivity contribution in [1.29, 1.82) is 0 Å². The highest BCUT2D eigenvalue weighted by molar-refractivity contribution is 7.92. The third-order valence-corrected chi connectivity index (χ3v) is 6.84. The van der Waals surface area contributed by atoms with Gasteiger partial charge in [-0.1, -0.05) is 60.1 Å². The van der Waals surface area contributed by atoms with E-state index in [9.17, 15) is 13.2 Å².